The maximum Gasteiger partial charge on any atom is 0.254 e. The molecule has 1 fully saturated rings. The third kappa shape index (κ3) is 4.21. The van der Waals surface area contributed by atoms with Gasteiger partial charge in [0.05, 0.1) is 6.10 Å². The van der Waals surface area contributed by atoms with Crippen LogP contribution in [0, 0.1) is 11.6 Å². The first-order valence-electron chi connectivity index (χ1n) is 8.24. The van der Waals surface area contributed by atoms with E-state index in [1.165, 1.54) is 6.07 Å². The summed E-state index contributed by atoms with van der Waals surface area (Å²) in [6.07, 6.45) is -0.574. The van der Waals surface area contributed by atoms with Crippen LogP contribution in [0.1, 0.15) is 22.0 Å². The standard InChI is InChI=1S/C19H20F2N2O2/c20-16-7-6-15(12-17(16)21)19(25)23-10-8-22(9-11-23)13-18(24)14-4-2-1-3-5-14/h1-7,12,18,24H,8-11,13H2/t18-/m1/s1. The third-order valence-corrected chi connectivity index (χ3v) is 4.44. The van der Waals surface area contributed by atoms with Gasteiger partial charge in [-0.2, -0.15) is 0 Å². The van der Waals surface area contributed by atoms with Crippen LogP contribution in [-0.4, -0.2) is 53.5 Å². The summed E-state index contributed by atoms with van der Waals surface area (Å²) < 4.78 is 26.3. The van der Waals surface area contributed by atoms with Gasteiger partial charge in [0.1, 0.15) is 0 Å². The second-order valence-electron chi connectivity index (χ2n) is 6.15. The van der Waals surface area contributed by atoms with Crippen LogP contribution in [0.15, 0.2) is 48.5 Å². The van der Waals surface area contributed by atoms with E-state index in [2.05, 4.69) is 4.90 Å². The largest absolute Gasteiger partial charge is 0.387 e. The second kappa shape index (κ2) is 7.72. The van der Waals surface area contributed by atoms with Gasteiger partial charge in [-0.05, 0) is 23.8 Å². The molecule has 1 saturated heterocycles. The summed E-state index contributed by atoms with van der Waals surface area (Å²) in [5, 5.41) is 10.3. The topological polar surface area (TPSA) is 43.8 Å². The molecule has 25 heavy (non-hydrogen) atoms. The number of nitrogens with zero attached hydrogens (tertiary/aromatic N) is 2. The van der Waals surface area contributed by atoms with Crippen molar-refractivity contribution in [1.82, 2.24) is 9.80 Å². The monoisotopic (exact) mass is 346 g/mol. The highest BCUT2D eigenvalue weighted by Crippen LogP contribution is 2.16. The first-order valence-corrected chi connectivity index (χ1v) is 8.24. The Morgan fingerprint density at radius 1 is 1.00 bits per heavy atom. The first kappa shape index (κ1) is 17.5. The molecule has 3 rings (SSSR count). The third-order valence-electron chi connectivity index (χ3n) is 4.44. The Morgan fingerprint density at radius 3 is 2.32 bits per heavy atom. The zero-order chi connectivity index (χ0) is 17.8. The van der Waals surface area contributed by atoms with Crippen molar-refractivity contribution < 1.29 is 18.7 Å². The number of aliphatic hydroxyl groups excluding tert-OH is 1. The fraction of sp³-hybridized carbons (Fsp3) is 0.316. The molecule has 1 aliphatic rings. The molecule has 1 amide bonds. The minimum absolute atomic E-state index is 0.150. The maximum atomic E-state index is 13.3. The molecule has 6 heteroatoms. The molecular weight excluding hydrogens is 326 g/mol. The highest BCUT2D eigenvalue weighted by atomic mass is 19.2. The van der Waals surface area contributed by atoms with E-state index in [-0.39, 0.29) is 11.5 Å². The molecular formula is C19H20F2N2O2. The summed E-state index contributed by atoms with van der Waals surface area (Å²) >= 11 is 0. The van der Waals surface area contributed by atoms with Crippen LogP contribution in [-0.2, 0) is 0 Å². The molecule has 2 aromatic carbocycles. The summed E-state index contributed by atoms with van der Waals surface area (Å²) in [5.41, 5.74) is 1.01. The van der Waals surface area contributed by atoms with Crippen molar-refractivity contribution in [3.63, 3.8) is 0 Å². The number of hydrogen-bond acceptors (Lipinski definition) is 3. The molecule has 132 valence electrons. The lowest BCUT2D eigenvalue weighted by molar-refractivity contribution is 0.0527. The van der Waals surface area contributed by atoms with Crippen molar-refractivity contribution in [1.29, 1.82) is 0 Å². The molecule has 1 aliphatic heterocycles. The van der Waals surface area contributed by atoms with Crippen LogP contribution in [0.4, 0.5) is 8.78 Å². The van der Waals surface area contributed by atoms with Crippen LogP contribution < -0.4 is 0 Å². The molecule has 0 spiro atoms. The lowest BCUT2D eigenvalue weighted by Gasteiger charge is -2.35. The minimum Gasteiger partial charge on any atom is -0.387 e. The average Bonchev–Trinajstić information content (AvgIpc) is 2.65. The molecule has 1 heterocycles. The lowest BCUT2D eigenvalue weighted by atomic mass is 10.1. The Hall–Kier alpha value is -2.31. The molecule has 1 atom stereocenters. The van der Waals surface area contributed by atoms with E-state index < -0.39 is 17.7 Å². The second-order valence-corrected chi connectivity index (χ2v) is 6.15. The lowest BCUT2D eigenvalue weighted by Crippen LogP contribution is -2.49. The number of aliphatic hydroxyl groups is 1. The number of hydrogen-bond donors (Lipinski definition) is 1. The molecule has 4 nitrogen and oxygen atoms in total. The van der Waals surface area contributed by atoms with E-state index in [1.807, 2.05) is 30.3 Å². The Balaban J connectivity index is 1.54. The van der Waals surface area contributed by atoms with Gasteiger partial charge in [-0.25, -0.2) is 8.78 Å². The number of benzene rings is 2. The molecule has 0 saturated carbocycles. The highest BCUT2D eigenvalue weighted by Gasteiger charge is 2.24. The van der Waals surface area contributed by atoms with Gasteiger partial charge in [-0.1, -0.05) is 30.3 Å². The van der Waals surface area contributed by atoms with Crippen molar-refractivity contribution in [2.45, 2.75) is 6.10 Å². The van der Waals surface area contributed by atoms with E-state index in [4.69, 9.17) is 0 Å². The molecule has 0 unspecified atom stereocenters. The van der Waals surface area contributed by atoms with Gasteiger partial charge in [0, 0.05) is 38.3 Å². The molecule has 0 aromatic heterocycles. The SMILES string of the molecule is O=C(c1ccc(F)c(F)c1)N1CCN(C[C@@H](O)c2ccccc2)CC1. The number of β-amino-alcohol motifs (C(OH)–C–C–N with tert-alkyl or cyclic N) is 1. The van der Waals surface area contributed by atoms with Gasteiger partial charge in [0.25, 0.3) is 5.91 Å². The van der Waals surface area contributed by atoms with Crippen LogP contribution in [0.3, 0.4) is 0 Å². The number of rotatable bonds is 4. The van der Waals surface area contributed by atoms with Crippen LogP contribution in [0.2, 0.25) is 0 Å². The van der Waals surface area contributed by atoms with E-state index in [1.54, 1.807) is 4.90 Å². The van der Waals surface area contributed by atoms with Crippen molar-refractivity contribution >= 4 is 5.91 Å². The summed E-state index contributed by atoms with van der Waals surface area (Å²) in [6, 6.07) is 12.6. The molecule has 0 aliphatic carbocycles. The van der Waals surface area contributed by atoms with Gasteiger partial charge in [0.15, 0.2) is 11.6 Å². The van der Waals surface area contributed by atoms with Crippen molar-refractivity contribution in [3.05, 3.63) is 71.3 Å². The van der Waals surface area contributed by atoms with Gasteiger partial charge in [0.2, 0.25) is 0 Å². The summed E-state index contributed by atoms with van der Waals surface area (Å²) in [7, 11) is 0. The number of amides is 1. The predicted octanol–water partition coefficient (Wildman–Crippen LogP) is 2.46. The summed E-state index contributed by atoms with van der Waals surface area (Å²) in [5.74, 6) is -2.28. The van der Waals surface area contributed by atoms with E-state index in [0.29, 0.717) is 32.7 Å². The van der Waals surface area contributed by atoms with Gasteiger partial charge in [-0.15, -0.1) is 0 Å². The Morgan fingerprint density at radius 2 is 1.68 bits per heavy atom. The molecule has 0 bridgehead atoms. The zero-order valence-electron chi connectivity index (χ0n) is 13.7. The molecule has 2 aromatic rings. The Bertz CT molecular complexity index is 731. The fourth-order valence-corrected chi connectivity index (χ4v) is 2.97. The molecule has 1 N–H and O–H groups in total. The zero-order valence-corrected chi connectivity index (χ0v) is 13.7. The molecule has 0 radical (unpaired) electrons. The Labute approximate surface area is 145 Å². The first-order chi connectivity index (χ1) is 12.0. The average molecular weight is 346 g/mol. The fourth-order valence-electron chi connectivity index (χ4n) is 2.97. The Kier molecular flexibility index (Phi) is 5.40. The smallest absolute Gasteiger partial charge is 0.254 e. The van der Waals surface area contributed by atoms with Gasteiger partial charge in [-0.3, -0.25) is 9.69 Å². The van der Waals surface area contributed by atoms with Gasteiger partial charge >= 0.3 is 0 Å². The van der Waals surface area contributed by atoms with Crippen molar-refractivity contribution in [2.75, 3.05) is 32.7 Å². The quantitative estimate of drug-likeness (QED) is 0.925. The number of carbonyl (C=O) groups excluding carboxylic acids is 1. The number of halogens is 2. The highest BCUT2D eigenvalue weighted by molar-refractivity contribution is 5.94. The van der Waals surface area contributed by atoms with Crippen LogP contribution in [0.5, 0.6) is 0 Å². The van der Waals surface area contributed by atoms with E-state index in [9.17, 15) is 18.7 Å². The van der Waals surface area contributed by atoms with Crippen molar-refractivity contribution in [2.24, 2.45) is 0 Å². The minimum atomic E-state index is -1.02. The number of carbonyl (C=O) groups is 1. The maximum absolute atomic E-state index is 13.3. The van der Waals surface area contributed by atoms with Crippen molar-refractivity contribution in [3.8, 4) is 0 Å². The van der Waals surface area contributed by atoms with Gasteiger partial charge < -0.3 is 10.0 Å². The normalized spacial score (nSPS) is 16.7. The van der Waals surface area contributed by atoms with E-state index in [0.717, 1.165) is 17.7 Å². The summed E-state index contributed by atoms with van der Waals surface area (Å²) in [6.45, 7) is 2.72. The van der Waals surface area contributed by atoms with Crippen LogP contribution >= 0.6 is 0 Å². The summed E-state index contributed by atoms with van der Waals surface area (Å²) in [4.78, 5) is 16.1. The van der Waals surface area contributed by atoms with E-state index >= 15 is 0 Å². The predicted molar refractivity (Wildman–Crippen MR) is 90.1 cm³/mol. The van der Waals surface area contributed by atoms with Crippen LogP contribution in [0.25, 0.3) is 0 Å². The number of piperazine rings is 1.